The minimum absolute atomic E-state index is 0.227. The van der Waals surface area contributed by atoms with Crippen LogP contribution in [0.1, 0.15) is 13.0 Å². The molecule has 0 saturated heterocycles. The second-order valence-corrected chi connectivity index (χ2v) is 4.21. The number of carbonyl (C=O) groups is 1. The summed E-state index contributed by atoms with van der Waals surface area (Å²) in [6.07, 6.45) is 2.86. The van der Waals surface area contributed by atoms with Crippen LogP contribution in [-0.2, 0) is 4.79 Å². The Kier molecular flexibility index (Phi) is 3.47. The monoisotopic (exact) mass is 265 g/mol. The average Bonchev–Trinajstić information content (AvgIpc) is 2.85. The van der Waals surface area contributed by atoms with Gasteiger partial charge in [0.1, 0.15) is 18.7 Å². The summed E-state index contributed by atoms with van der Waals surface area (Å²) in [5.74, 6) is -0.227. The van der Waals surface area contributed by atoms with Crippen LogP contribution in [0, 0.1) is 0 Å². The molecule has 0 fully saturated rings. The minimum atomic E-state index is -0.470. The van der Waals surface area contributed by atoms with Crippen LogP contribution >= 0.6 is 11.6 Å². The Labute approximate surface area is 109 Å². The molecule has 1 heterocycles. The van der Waals surface area contributed by atoms with Gasteiger partial charge in [-0.15, -0.1) is 0 Å². The van der Waals surface area contributed by atoms with E-state index in [1.165, 1.54) is 17.3 Å². The van der Waals surface area contributed by atoms with Crippen molar-refractivity contribution in [3.63, 3.8) is 0 Å². The largest absolute Gasteiger partial charge is 0.397 e. The normalized spacial score (nSPS) is 12.1. The summed E-state index contributed by atoms with van der Waals surface area (Å²) >= 11 is 5.78. The molecule has 0 radical (unpaired) electrons. The van der Waals surface area contributed by atoms with Crippen LogP contribution in [0.3, 0.4) is 0 Å². The van der Waals surface area contributed by atoms with Gasteiger partial charge in [0, 0.05) is 5.02 Å². The van der Waals surface area contributed by atoms with Gasteiger partial charge in [0.2, 0.25) is 5.91 Å². The summed E-state index contributed by atoms with van der Waals surface area (Å²) in [5, 5.41) is 7.15. The topological polar surface area (TPSA) is 85.8 Å². The maximum atomic E-state index is 12.0. The van der Waals surface area contributed by atoms with E-state index in [2.05, 4.69) is 15.4 Å². The molecule has 18 heavy (non-hydrogen) atoms. The number of hydrogen-bond acceptors (Lipinski definition) is 4. The van der Waals surface area contributed by atoms with Crippen molar-refractivity contribution in [2.24, 2.45) is 0 Å². The highest BCUT2D eigenvalue weighted by atomic mass is 35.5. The van der Waals surface area contributed by atoms with E-state index in [-0.39, 0.29) is 5.91 Å². The molecule has 7 heteroatoms. The first-order valence-corrected chi connectivity index (χ1v) is 5.65. The van der Waals surface area contributed by atoms with Crippen molar-refractivity contribution in [1.82, 2.24) is 14.8 Å². The predicted octanol–water partition coefficient (Wildman–Crippen LogP) is 1.71. The molecule has 0 saturated carbocycles. The Hall–Kier alpha value is -2.08. The Bertz CT molecular complexity index is 555. The van der Waals surface area contributed by atoms with E-state index in [1.54, 1.807) is 25.1 Å². The number of rotatable bonds is 3. The number of halogens is 1. The Morgan fingerprint density at radius 2 is 2.33 bits per heavy atom. The van der Waals surface area contributed by atoms with Crippen LogP contribution in [0.2, 0.25) is 5.02 Å². The maximum absolute atomic E-state index is 12.0. The first-order valence-electron chi connectivity index (χ1n) is 5.28. The van der Waals surface area contributed by atoms with Crippen molar-refractivity contribution in [2.45, 2.75) is 13.0 Å². The number of benzene rings is 1. The third-order valence-electron chi connectivity index (χ3n) is 2.48. The second kappa shape index (κ2) is 5.05. The summed E-state index contributed by atoms with van der Waals surface area (Å²) in [6.45, 7) is 1.72. The molecule has 1 amide bonds. The van der Waals surface area contributed by atoms with Crippen molar-refractivity contribution in [2.75, 3.05) is 11.1 Å². The minimum Gasteiger partial charge on any atom is -0.397 e. The van der Waals surface area contributed by atoms with Crippen molar-refractivity contribution in [3.8, 4) is 0 Å². The van der Waals surface area contributed by atoms with E-state index in [0.717, 1.165) is 0 Å². The van der Waals surface area contributed by atoms with Crippen LogP contribution in [0.5, 0.6) is 0 Å². The molecular formula is C11H12ClN5O. The van der Waals surface area contributed by atoms with E-state index in [1.807, 2.05) is 0 Å². The number of nitrogens with two attached hydrogens (primary N) is 1. The summed E-state index contributed by atoms with van der Waals surface area (Å²) < 4.78 is 1.46. The highest BCUT2D eigenvalue weighted by Gasteiger charge is 2.16. The first kappa shape index (κ1) is 12.4. The molecule has 1 unspecified atom stereocenters. The second-order valence-electron chi connectivity index (χ2n) is 3.77. The fourth-order valence-corrected chi connectivity index (χ4v) is 1.60. The number of aromatic nitrogens is 3. The highest BCUT2D eigenvalue weighted by Crippen LogP contribution is 2.23. The van der Waals surface area contributed by atoms with Gasteiger partial charge in [-0.05, 0) is 25.1 Å². The molecule has 0 aliphatic carbocycles. The highest BCUT2D eigenvalue weighted by molar-refractivity contribution is 6.31. The van der Waals surface area contributed by atoms with Crippen LogP contribution in [0.15, 0.2) is 30.9 Å². The lowest BCUT2D eigenvalue weighted by atomic mass is 10.2. The molecule has 94 valence electrons. The quantitative estimate of drug-likeness (QED) is 0.828. The summed E-state index contributed by atoms with van der Waals surface area (Å²) in [6, 6.07) is 4.43. The zero-order valence-electron chi connectivity index (χ0n) is 9.67. The molecule has 1 aromatic heterocycles. The molecule has 1 aromatic carbocycles. The fourth-order valence-electron chi connectivity index (χ4n) is 1.42. The van der Waals surface area contributed by atoms with Gasteiger partial charge < -0.3 is 11.1 Å². The number of hydrogen-bond donors (Lipinski definition) is 2. The van der Waals surface area contributed by atoms with Gasteiger partial charge in [-0.1, -0.05) is 11.6 Å². The molecule has 0 spiro atoms. The number of nitrogens with one attached hydrogen (secondary N) is 1. The van der Waals surface area contributed by atoms with E-state index < -0.39 is 6.04 Å². The number of carbonyl (C=O) groups excluding carboxylic acids is 1. The smallest absolute Gasteiger partial charge is 0.249 e. The van der Waals surface area contributed by atoms with Gasteiger partial charge in [-0.2, -0.15) is 5.10 Å². The third kappa shape index (κ3) is 2.60. The summed E-state index contributed by atoms with van der Waals surface area (Å²) in [5.41, 5.74) is 6.70. The molecule has 2 aromatic rings. The van der Waals surface area contributed by atoms with E-state index in [4.69, 9.17) is 17.3 Å². The predicted molar refractivity (Wildman–Crippen MR) is 69.2 cm³/mol. The third-order valence-corrected chi connectivity index (χ3v) is 2.72. The lowest BCUT2D eigenvalue weighted by Gasteiger charge is -2.13. The van der Waals surface area contributed by atoms with Gasteiger partial charge >= 0.3 is 0 Å². The number of amides is 1. The number of nitrogen functional groups attached to an aromatic ring is 1. The molecule has 2 rings (SSSR count). The molecule has 3 N–H and O–H groups in total. The molecule has 0 aliphatic rings. The van der Waals surface area contributed by atoms with Crippen molar-refractivity contribution >= 4 is 28.9 Å². The van der Waals surface area contributed by atoms with Gasteiger partial charge in [0.15, 0.2) is 0 Å². The molecule has 0 aliphatic heterocycles. The summed E-state index contributed by atoms with van der Waals surface area (Å²) in [7, 11) is 0. The van der Waals surface area contributed by atoms with Crippen LogP contribution in [0.4, 0.5) is 11.4 Å². The van der Waals surface area contributed by atoms with Gasteiger partial charge in [0.25, 0.3) is 0 Å². The standard InChI is InChI=1S/C11H12ClN5O/c1-7(17-6-14-5-15-17)11(18)16-10-3-2-8(12)4-9(10)13/h2-7H,13H2,1H3,(H,16,18). The Morgan fingerprint density at radius 1 is 1.56 bits per heavy atom. The molecule has 1 atom stereocenters. The van der Waals surface area contributed by atoms with E-state index >= 15 is 0 Å². The first-order chi connectivity index (χ1) is 8.58. The molecule has 0 bridgehead atoms. The Balaban J connectivity index is 2.12. The van der Waals surface area contributed by atoms with Crippen molar-refractivity contribution in [3.05, 3.63) is 35.9 Å². The summed E-state index contributed by atoms with van der Waals surface area (Å²) in [4.78, 5) is 15.8. The van der Waals surface area contributed by atoms with Gasteiger partial charge in [-0.3, -0.25) is 4.79 Å². The van der Waals surface area contributed by atoms with Crippen molar-refractivity contribution < 1.29 is 4.79 Å². The van der Waals surface area contributed by atoms with E-state index in [0.29, 0.717) is 16.4 Å². The van der Waals surface area contributed by atoms with Crippen LogP contribution < -0.4 is 11.1 Å². The lowest BCUT2D eigenvalue weighted by molar-refractivity contribution is -0.119. The van der Waals surface area contributed by atoms with Crippen LogP contribution in [-0.4, -0.2) is 20.7 Å². The number of nitrogens with zero attached hydrogens (tertiary/aromatic N) is 3. The fraction of sp³-hybridized carbons (Fsp3) is 0.182. The lowest BCUT2D eigenvalue weighted by Crippen LogP contribution is -2.24. The van der Waals surface area contributed by atoms with Crippen LogP contribution in [0.25, 0.3) is 0 Å². The van der Waals surface area contributed by atoms with Gasteiger partial charge in [-0.25, -0.2) is 9.67 Å². The maximum Gasteiger partial charge on any atom is 0.249 e. The zero-order chi connectivity index (χ0) is 13.1. The SMILES string of the molecule is CC(C(=O)Nc1ccc(Cl)cc1N)n1cncn1. The number of anilines is 2. The Morgan fingerprint density at radius 3 is 2.94 bits per heavy atom. The van der Waals surface area contributed by atoms with Crippen molar-refractivity contribution in [1.29, 1.82) is 0 Å². The van der Waals surface area contributed by atoms with E-state index in [9.17, 15) is 4.79 Å². The van der Waals surface area contributed by atoms with Gasteiger partial charge in [0.05, 0.1) is 11.4 Å². The average molecular weight is 266 g/mol. The molecular weight excluding hydrogens is 254 g/mol. The molecule has 6 nitrogen and oxygen atoms in total. The zero-order valence-corrected chi connectivity index (χ0v) is 10.4.